The lowest BCUT2D eigenvalue weighted by Crippen LogP contribution is -1.88. The fourth-order valence-corrected chi connectivity index (χ4v) is 0.359. The Kier molecular flexibility index (Phi) is 1.24. The molecule has 1 aromatic rings. The van der Waals surface area contributed by atoms with Crippen molar-refractivity contribution >= 4 is 0 Å². The summed E-state index contributed by atoms with van der Waals surface area (Å²) in [4.78, 5) is 0. The van der Waals surface area contributed by atoms with E-state index in [0.29, 0.717) is 11.7 Å². The molecule has 0 atom stereocenters. The summed E-state index contributed by atoms with van der Waals surface area (Å²) in [5.41, 5.74) is 0. The average Bonchev–Trinajstić information content (AvgIpc) is 2.12. The van der Waals surface area contributed by atoms with E-state index in [1.807, 2.05) is 13.8 Å². The van der Waals surface area contributed by atoms with Crippen LogP contribution in [0, 0.1) is 0 Å². The second kappa shape index (κ2) is 1.90. The summed E-state index contributed by atoms with van der Waals surface area (Å²) in [6.07, 6.45) is 0. The maximum absolute atomic E-state index is 4.26. The van der Waals surface area contributed by atoms with Crippen molar-refractivity contribution in [1.29, 1.82) is 0 Å². The summed E-state index contributed by atoms with van der Waals surface area (Å²) in [5, 5.41) is 10.3. The van der Waals surface area contributed by atoms with Crippen molar-refractivity contribution in [1.82, 2.24) is 15.5 Å². The summed E-state index contributed by atoms with van der Waals surface area (Å²) < 4.78 is 4.26. The Morgan fingerprint density at radius 3 is 2.50 bits per heavy atom. The van der Waals surface area contributed by atoms with Gasteiger partial charge in [0.25, 0.3) is 0 Å². The Balaban J connectivity index is 2.77. The zero-order valence-corrected chi connectivity index (χ0v) is 4.83. The van der Waals surface area contributed by atoms with E-state index in [9.17, 15) is 0 Å². The van der Waals surface area contributed by atoms with Gasteiger partial charge in [0, 0.05) is 5.92 Å². The van der Waals surface area contributed by atoms with Gasteiger partial charge in [-0.15, -0.1) is 0 Å². The van der Waals surface area contributed by atoms with E-state index in [1.165, 1.54) is 0 Å². The summed E-state index contributed by atoms with van der Waals surface area (Å²) in [6.45, 7) is 3.96. The molecule has 44 valence electrons. The minimum Gasteiger partial charge on any atom is -0.222 e. The van der Waals surface area contributed by atoms with Crippen LogP contribution in [0.15, 0.2) is 4.63 Å². The Morgan fingerprint density at radius 2 is 2.25 bits per heavy atom. The van der Waals surface area contributed by atoms with E-state index in [-0.39, 0.29) is 0 Å². The Hall–Kier alpha value is -0.930. The van der Waals surface area contributed by atoms with Gasteiger partial charge in [-0.3, -0.25) is 0 Å². The fraction of sp³-hybridized carbons (Fsp3) is 0.750. The first-order chi connectivity index (χ1) is 3.80. The van der Waals surface area contributed by atoms with E-state index >= 15 is 0 Å². The lowest BCUT2D eigenvalue weighted by Gasteiger charge is -1.88. The molecule has 0 aliphatic rings. The third-order valence-corrected chi connectivity index (χ3v) is 0.831. The smallest absolute Gasteiger partial charge is 0.199 e. The van der Waals surface area contributed by atoms with Crippen LogP contribution in [0.25, 0.3) is 0 Å². The number of rotatable bonds is 1. The Bertz CT molecular complexity index is 146. The molecule has 1 heterocycles. The molecule has 0 bridgehead atoms. The highest BCUT2D eigenvalue weighted by Crippen LogP contribution is 2.04. The van der Waals surface area contributed by atoms with Crippen molar-refractivity contribution in [2.24, 2.45) is 0 Å². The molecule has 1 aromatic heterocycles. The van der Waals surface area contributed by atoms with Gasteiger partial charge in [-0.1, -0.05) is 18.9 Å². The molecular weight excluding hydrogens is 106 g/mol. The van der Waals surface area contributed by atoms with Crippen LogP contribution >= 0.6 is 0 Å². The van der Waals surface area contributed by atoms with Crippen LogP contribution in [-0.2, 0) is 0 Å². The van der Waals surface area contributed by atoms with Crippen LogP contribution in [0.5, 0.6) is 0 Å². The van der Waals surface area contributed by atoms with Gasteiger partial charge < -0.3 is 0 Å². The van der Waals surface area contributed by atoms with Crippen LogP contribution in [0.4, 0.5) is 0 Å². The number of hydrogen-bond donors (Lipinski definition) is 0. The molecule has 0 aromatic carbocycles. The topological polar surface area (TPSA) is 51.8 Å². The molecule has 0 saturated carbocycles. The van der Waals surface area contributed by atoms with Gasteiger partial charge in [-0.2, -0.15) is 0 Å². The van der Waals surface area contributed by atoms with Crippen molar-refractivity contribution < 1.29 is 4.63 Å². The highest BCUT2D eigenvalue weighted by Gasteiger charge is 2.02. The standard InChI is InChI=1S/C4H7N3O/c1-3(2)4-5-7-8-6-4/h3H,1-2H3. The fourth-order valence-electron chi connectivity index (χ4n) is 0.359. The van der Waals surface area contributed by atoms with Crippen molar-refractivity contribution in [3.8, 4) is 0 Å². The summed E-state index contributed by atoms with van der Waals surface area (Å²) in [7, 11) is 0. The van der Waals surface area contributed by atoms with Gasteiger partial charge >= 0.3 is 0 Å². The molecule has 8 heavy (non-hydrogen) atoms. The normalized spacial score (nSPS) is 10.4. The number of aromatic nitrogens is 3. The summed E-state index contributed by atoms with van der Waals surface area (Å²) in [6, 6.07) is 0. The molecule has 0 radical (unpaired) electrons. The van der Waals surface area contributed by atoms with E-state index in [0.717, 1.165) is 0 Å². The second-order valence-corrected chi connectivity index (χ2v) is 1.87. The Labute approximate surface area is 46.9 Å². The van der Waals surface area contributed by atoms with E-state index in [4.69, 9.17) is 0 Å². The molecule has 0 aliphatic carbocycles. The molecule has 0 fully saturated rings. The minimum absolute atomic E-state index is 0.307. The summed E-state index contributed by atoms with van der Waals surface area (Å²) in [5.74, 6) is 0.964. The lowest BCUT2D eigenvalue weighted by molar-refractivity contribution is 0.290. The maximum atomic E-state index is 4.26. The molecular formula is C4H7N3O. The molecule has 0 spiro atoms. The summed E-state index contributed by atoms with van der Waals surface area (Å²) >= 11 is 0. The monoisotopic (exact) mass is 113 g/mol. The molecule has 0 unspecified atom stereocenters. The van der Waals surface area contributed by atoms with Crippen LogP contribution in [0.1, 0.15) is 25.6 Å². The predicted octanol–water partition coefficient (Wildman–Crippen LogP) is 0.588. The molecule has 0 amide bonds. The third-order valence-electron chi connectivity index (χ3n) is 0.831. The van der Waals surface area contributed by atoms with Gasteiger partial charge in [-0.05, 0) is 5.16 Å². The molecule has 0 saturated heterocycles. The van der Waals surface area contributed by atoms with Crippen molar-refractivity contribution in [2.45, 2.75) is 19.8 Å². The molecule has 0 N–H and O–H groups in total. The highest BCUT2D eigenvalue weighted by molar-refractivity contribution is 4.82. The second-order valence-electron chi connectivity index (χ2n) is 1.87. The van der Waals surface area contributed by atoms with Gasteiger partial charge in [0.05, 0.1) is 5.27 Å². The van der Waals surface area contributed by atoms with E-state index in [2.05, 4.69) is 20.2 Å². The van der Waals surface area contributed by atoms with Crippen LogP contribution < -0.4 is 0 Å². The lowest BCUT2D eigenvalue weighted by atomic mass is 10.2. The molecule has 0 aliphatic heterocycles. The predicted molar refractivity (Wildman–Crippen MR) is 26.2 cm³/mol. The average molecular weight is 113 g/mol. The van der Waals surface area contributed by atoms with Gasteiger partial charge in [-0.25, -0.2) is 4.63 Å². The number of nitrogens with zero attached hydrogens (tertiary/aromatic N) is 3. The zero-order chi connectivity index (χ0) is 5.98. The molecule has 4 heteroatoms. The maximum Gasteiger partial charge on any atom is 0.199 e. The van der Waals surface area contributed by atoms with Gasteiger partial charge in [0.15, 0.2) is 5.82 Å². The largest absolute Gasteiger partial charge is 0.222 e. The first-order valence-corrected chi connectivity index (χ1v) is 2.46. The minimum atomic E-state index is 0.307. The van der Waals surface area contributed by atoms with Crippen LogP contribution in [0.3, 0.4) is 0 Å². The molecule has 4 nitrogen and oxygen atoms in total. The van der Waals surface area contributed by atoms with Crippen molar-refractivity contribution in [3.63, 3.8) is 0 Å². The SMILES string of the molecule is CC(C)c1nnon1. The van der Waals surface area contributed by atoms with Crippen LogP contribution in [0.2, 0.25) is 0 Å². The zero-order valence-electron chi connectivity index (χ0n) is 4.83. The third kappa shape index (κ3) is 0.828. The van der Waals surface area contributed by atoms with Crippen LogP contribution in [-0.4, -0.2) is 15.5 Å². The van der Waals surface area contributed by atoms with Crippen molar-refractivity contribution in [3.05, 3.63) is 5.82 Å². The first-order valence-electron chi connectivity index (χ1n) is 2.46. The first kappa shape index (κ1) is 5.21. The molecule has 1 rings (SSSR count). The highest BCUT2D eigenvalue weighted by atomic mass is 16.6. The quantitative estimate of drug-likeness (QED) is 0.534. The Morgan fingerprint density at radius 1 is 1.50 bits per heavy atom. The van der Waals surface area contributed by atoms with Gasteiger partial charge in [0.2, 0.25) is 0 Å². The van der Waals surface area contributed by atoms with Crippen molar-refractivity contribution in [2.75, 3.05) is 0 Å². The van der Waals surface area contributed by atoms with Gasteiger partial charge in [0.1, 0.15) is 0 Å². The number of hydrogen-bond acceptors (Lipinski definition) is 4. The van der Waals surface area contributed by atoms with E-state index in [1.54, 1.807) is 0 Å². The van der Waals surface area contributed by atoms with E-state index < -0.39 is 0 Å².